The lowest BCUT2D eigenvalue weighted by atomic mass is 10.3. The Morgan fingerprint density at radius 3 is 2.65 bits per heavy atom. The number of hydrogen-bond acceptors (Lipinski definition) is 3. The van der Waals surface area contributed by atoms with Gasteiger partial charge in [0.05, 0.1) is 6.20 Å². The summed E-state index contributed by atoms with van der Waals surface area (Å²) in [6.45, 7) is 3.34. The summed E-state index contributed by atoms with van der Waals surface area (Å²) >= 11 is 0. The number of nitrogens with one attached hydrogen (secondary N) is 1. The minimum Gasteiger partial charge on any atom is -0.314 e. The van der Waals surface area contributed by atoms with Crippen molar-refractivity contribution in [2.45, 2.75) is 19.3 Å². The summed E-state index contributed by atoms with van der Waals surface area (Å²) in [5.74, 6) is 0. The maximum Gasteiger partial charge on any atom is 0.408 e. The molecule has 17 heavy (non-hydrogen) atoms. The zero-order valence-corrected chi connectivity index (χ0v) is 9.37. The highest BCUT2D eigenvalue weighted by atomic mass is 19.4. The van der Waals surface area contributed by atoms with E-state index in [1.54, 1.807) is 0 Å². The normalized spacial score (nSPS) is 18.5. The van der Waals surface area contributed by atoms with E-state index in [0.29, 0.717) is 6.54 Å². The van der Waals surface area contributed by atoms with Gasteiger partial charge in [-0.3, -0.25) is 9.58 Å². The monoisotopic (exact) mass is 248 g/mol. The quantitative estimate of drug-likeness (QED) is 0.861. The second kappa shape index (κ2) is 5.05. The van der Waals surface area contributed by atoms with Crippen molar-refractivity contribution in [1.82, 2.24) is 20.0 Å². The fourth-order valence-electron chi connectivity index (χ4n) is 1.89. The summed E-state index contributed by atoms with van der Waals surface area (Å²) < 4.78 is 37.3. The van der Waals surface area contributed by atoms with Gasteiger partial charge in [0.1, 0.15) is 6.54 Å². The Balaban J connectivity index is 1.89. The molecule has 4 nitrogen and oxygen atoms in total. The Morgan fingerprint density at radius 2 is 2.00 bits per heavy atom. The number of alkyl halides is 3. The zero-order valence-electron chi connectivity index (χ0n) is 9.37. The topological polar surface area (TPSA) is 33.1 Å². The summed E-state index contributed by atoms with van der Waals surface area (Å²) in [6, 6.07) is 0. The summed E-state index contributed by atoms with van der Waals surface area (Å²) in [5, 5.41) is 6.95. The first kappa shape index (κ1) is 12.4. The molecule has 0 radical (unpaired) electrons. The smallest absolute Gasteiger partial charge is 0.314 e. The Hall–Kier alpha value is -1.08. The molecule has 0 aliphatic carbocycles. The number of rotatable bonds is 3. The third-order valence-corrected chi connectivity index (χ3v) is 2.64. The summed E-state index contributed by atoms with van der Waals surface area (Å²) in [6.07, 6.45) is -1.23. The van der Waals surface area contributed by atoms with Crippen LogP contribution < -0.4 is 5.32 Å². The van der Waals surface area contributed by atoms with E-state index in [1.165, 1.54) is 12.4 Å². The lowest BCUT2D eigenvalue weighted by molar-refractivity contribution is -0.142. The van der Waals surface area contributed by atoms with Crippen LogP contribution in [0.1, 0.15) is 5.56 Å². The van der Waals surface area contributed by atoms with Crippen molar-refractivity contribution in [2.24, 2.45) is 0 Å². The fraction of sp³-hybridized carbons (Fsp3) is 0.700. The van der Waals surface area contributed by atoms with E-state index in [4.69, 9.17) is 0 Å². The lowest BCUT2D eigenvalue weighted by Crippen LogP contribution is -2.42. The van der Waals surface area contributed by atoms with Crippen molar-refractivity contribution < 1.29 is 13.2 Å². The van der Waals surface area contributed by atoms with Crippen molar-refractivity contribution in [3.8, 4) is 0 Å². The van der Waals surface area contributed by atoms with Crippen molar-refractivity contribution in [3.05, 3.63) is 18.0 Å². The first-order valence-corrected chi connectivity index (χ1v) is 5.54. The highest BCUT2D eigenvalue weighted by molar-refractivity contribution is 5.04. The van der Waals surface area contributed by atoms with Gasteiger partial charge in [0.25, 0.3) is 0 Å². The molecule has 0 atom stereocenters. The zero-order chi connectivity index (χ0) is 12.3. The number of piperazine rings is 1. The van der Waals surface area contributed by atoms with Crippen molar-refractivity contribution >= 4 is 0 Å². The highest BCUT2D eigenvalue weighted by Gasteiger charge is 2.28. The Bertz CT molecular complexity index is 355. The molecule has 1 fully saturated rings. The Labute approximate surface area is 97.4 Å². The van der Waals surface area contributed by atoms with Crippen LogP contribution in [0, 0.1) is 0 Å². The molecule has 96 valence electrons. The van der Waals surface area contributed by atoms with Gasteiger partial charge >= 0.3 is 6.18 Å². The van der Waals surface area contributed by atoms with E-state index in [9.17, 15) is 13.2 Å². The largest absolute Gasteiger partial charge is 0.408 e. The third kappa shape index (κ3) is 4.01. The van der Waals surface area contributed by atoms with Gasteiger partial charge < -0.3 is 5.32 Å². The standard InChI is InChI=1S/C10H15F3N4/c11-10(12,13)8-17-7-9(5-15-17)6-16-3-1-14-2-4-16/h5,7,14H,1-4,6,8H2. The molecule has 0 unspecified atom stereocenters. The summed E-state index contributed by atoms with van der Waals surface area (Å²) in [5.41, 5.74) is 0.830. The van der Waals surface area contributed by atoms with Crippen LogP contribution in [0.2, 0.25) is 0 Å². The Morgan fingerprint density at radius 1 is 1.29 bits per heavy atom. The van der Waals surface area contributed by atoms with Gasteiger partial charge in [0, 0.05) is 44.5 Å². The number of aromatic nitrogens is 2. The molecule has 2 heterocycles. The van der Waals surface area contributed by atoms with Gasteiger partial charge in [-0.25, -0.2) is 0 Å². The predicted octanol–water partition coefficient (Wildman–Crippen LogP) is 0.851. The molecule has 1 aliphatic rings. The van der Waals surface area contributed by atoms with E-state index >= 15 is 0 Å². The molecule has 0 amide bonds. The van der Waals surface area contributed by atoms with Crippen LogP contribution >= 0.6 is 0 Å². The third-order valence-electron chi connectivity index (χ3n) is 2.64. The van der Waals surface area contributed by atoms with Crippen LogP contribution in [0.4, 0.5) is 13.2 Å². The molecule has 1 aromatic rings. The average molecular weight is 248 g/mol. The van der Waals surface area contributed by atoms with E-state index in [-0.39, 0.29) is 0 Å². The molecule has 1 saturated heterocycles. The predicted molar refractivity (Wildman–Crippen MR) is 56.4 cm³/mol. The minimum absolute atomic E-state index is 0.666. The molecular formula is C10H15F3N4. The average Bonchev–Trinajstić information content (AvgIpc) is 2.64. The van der Waals surface area contributed by atoms with Gasteiger partial charge in [-0.15, -0.1) is 0 Å². The number of hydrogen-bond donors (Lipinski definition) is 1. The number of nitrogens with zero attached hydrogens (tertiary/aromatic N) is 3. The molecule has 0 saturated carbocycles. The molecule has 0 spiro atoms. The van der Waals surface area contributed by atoms with Crippen LogP contribution in [0.5, 0.6) is 0 Å². The first-order chi connectivity index (χ1) is 8.03. The second-order valence-corrected chi connectivity index (χ2v) is 4.19. The van der Waals surface area contributed by atoms with Crippen molar-refractivity contribution in [1.29, 1.82) is 0 Å². The summed E-state index contributed by atoms with van der Waals surface area (Å²) in [4.78, 5) is 2.20. The van der Waals surface area contributed by atoms with Crippen molar-refractivity contribution in [3.63, 3.8) is 0 Å². The highest BCUT2D eigenvalue weighted by Crippen LogP contribution is 2.17. The molecule has 1 aromatic heterocycles. The summed E-state index contributed by atoms with van der Waals surface area (Å²) in [7, 11) is 0. The molecule has 1 aliphatic heterocycles. The van der Waals surface area contributed by atoms with Crippen LogP contribution in [-0.4, -0.2) is 47.0 Å². The first-order valence-electron chi connectivity index (χ1n) is 5.54. The van der Waals surface area contributed by atoms with E-state index in [0.717, 1.165) is 36.4 Å². The van der Waals surface area contributed by atoms with Crippen LogP contribution in [0.3, 0.4) is 0 Å². The molecule has 7 heteroatoms. The van der Waals surface area contributed by atoms with E-state index < -0.39 is 12.7 Å². The maximum absolute atomic E-state index is 12.1. The van der Waals surface area contributed by atoms with Crippen LogP contribution in [0.15, 0.2) is 12.4 Å². The second-order valence-electron chi connectivity index (χ2n) is 4.19. The van der Waals surface area contributed by atoms with Crippen molar-refractivity contribution in [2.75, 3.05) is 26.2 Å². The molecule has 0 bridgehead atoms. The molecule has 1 N–H and O–H groups in total. The SMILES string of the molecule is FC(F)(F)Cn1cc(CN2CCNCC2)cn1. The van der Waals surface area contributed by atoms with Gasteiger partial charge in [-0.2, -0.15) is 18.3 Å². The van der Waals surface area contributed by atoms with Gasteiger partial charge in [0.15, 0.2) is 0 Å². The Kier molecular flexibility index (Phi) is 3.68. The van der Waals surface area contributed by atoms with E-state index in [2.05, 4.69) is 15.3 Å². The van der Waals surface area contributed by atoms with E-state index in [1.807, 2.05) is 0 Å². The lowest BCUT2D eigenvalue weighted by Gasteiger charge is -2.26. The minimum atomic E-state index is -4.21. The number of halogens is 3. The van der Waals surface area contributed by atoms with Gasteiger partial charge in [-0.1, -0.05) is 0 Å². The molecular weight excluding hydrogens is 233 g/mol. The molecule has 0 aromatic carbocycles. The van der Waals surface area contributed by atoms with Crippen LogP contribution in [0.25, 0.3) is 0 Å². The maximum atomic E-state index is 12.1. The van der Waals surface area contributed by atoms with Gasteiger partial charge in [0.2, 0.25) is 0 Å². The van der Waals surface area contributed by atoms with Gasteiger partial charge in [-0.05, 0) is 0 Å². The molecule has 2 rings (SSSR count). The van der Waals surface area contributed by atoms with Crippen LogP contribution in [-0.2, 0) is 13.1 Å². The fourth-order valence-corrected chi connectivity index (χ4v) is 1.89.